The Morgan fingerprint density at radius 1 is 1.10 bits per heavy atom. The maximum atomic E-state index is 12.9. The summed E-state index contributed by atoms with van der Waals surface area (Å²) >= 11 is 1.31. The minimum atomic E-state index is -3.61. The van der Waals surface area contributed by atoms with Gasteiger partial charge in [0, 0.05) is 24.2 Å². The van der Waals surface area contributed by atoms with Crippen LogP contribution in [0, 0.1) is 6.92 Å². The molecule has 0 aliphatic carbocycles. The molecule has 1 amide bonds. The Morgan fingerprint density at radius 3 is 2.57 bits per heavy atom. The summed E-state index contributed by atoms with van der Waals surface area (Å²) in [5.74, 6) is -0.0924. The molecule has 9 heteroatoms. The van der Waals surface area contributed by atoms with E-state index in [9.17, 15) is 13.2 Å². The van der Waals surface area contributed by atoms with E-state index in [1.807, 2.05) is 24.3 Å². The Balaban J connectivity index is 1.74. The van der Waals surface area contributed by atoms with E-state index < -0.39 is 10.0 Å². The van der Waals surface area contributed by atoms with Gasteiger partial charge < -0.3 is 5.32 Å². The summed E-state index contributed by atoms with van der Waals surface area (Å²) in [7, 11) is -3.61. The maximum Gasteiger partial charge on any atom is 0.243 e. The van der Waals surface area contributed by atoms with Crippen molar-refractivity contribution in [3.63, 3.8) is 0 Å². The molecule has 3 rings (SSSR count). The molecule has 0 unspecified atom stereocenters. The summed E-state index contributed by atoms with van der Waals surface area (Å²) in [6.07, 6.45) is 1.48. The van der Waals surface area contributed by atoms with Crippen LogP contribution in [0.5, 0.6) is 0 Å². The molecule has 158 valence electrons. The van der Waals surface area contributed by atoms with Gasteiger partial charge in [0.2, 0.25) is 15.9 Å². The SMILES string of the molecule is CCN(CC)S(=O)(=O)c1cc(NC(=O)CSc2ncnc3ccccc23)ccc1C. The van der Waals surface area contributed by atoms with E-state index in [0.717, 1.165) is 15.9 Å². The van der Waals surface area contributed by atoms with Crippen molar-refractivity contribution in [2.45, 2.75) is 30.7 Å². The molecule has 0 radical (unpaired) electrons. The first-order valence-corrected chi connectivity index (χ1v) is 12.0. The zero-order valence-corrected chi connectivity index (χ0v) is 18.8. The number of carbonyl (C=O) groups excluding carboxylic acids is 1. The zero-order chi connectivity index (χ0) is 21.7. The number of hydrogen-bond acceptors (Lipinski definition) is 6. The van der Waals surface area contributed by atoms with Crippen molar-refractivity contribution in [1.82, 2.24) is 14.3 Å². The fourth-order valence-electron chi connectivity index (χ4n) is 3.08. The highest BCUT2D eigenvalue weighted by Crippen LogP contribution is 2.26. The summed E-state index contributed by atoms with van der Waals surface area (Å²) in [5, 5.41) is 4.40. The number of carbonyl (C=O) groups is 1. The molecular weight excluding hydrogens is 420 g/mol. The average molecular weight is 445 g/mol. The number of anilines is 1. The highest BCUT2D eigenvalue weighted by molar-refractivity contribution is 8.00. The third-order valence-corrected chi connectivity index (χ3v) is 7.84. The van der Waals surface area contributed by atoms with Gasteiger partial charge >= 0.3 is 0 Å². The second-order valence-corrected chi connectivity index (χ2v) is 9.47. The fraction of sp³-hybridized carbons (Fsp3) is 0.286. The number of amides is 1. The van der Waals surface area contributed by atoms with E-state index in [2.05, 4.69) is 15.3 Å². The summed E-state index contributed by atoms with van der Waals surface area (Å²) in [5.41, 5.74) is 1.91. The molecule has 0 aliphatic rings. The lowest BCUT2D eigenvalue weighted by molar-refractivity contribution is -0.113. The molecule has 30 heavy (non-hydrogen) atoms. The van der Waals surface area contributed by atoms with Gasteiger partial charge in [0.25, 0.3) is 0 Å². The highest BCUT2D eigenvalue weighted by atomic mass is 32.2. The predicted molar refractivity (Wildman–Crippen MR) is 120 cm³/mol. The lowest BCUT2D eigenvalue weighted by Crippen LogP contribution is -2.31. The number of hydrogen-bond donors (Lipinski definition) is 1. The highest BCUT2D eigenvalue weighted by Gasteiger charge is 2.24. The molecule has 1 heterocycles. The topological polar surface area (TPSA) is 92.3 Å². The number of aryl methyl sites for hydroxylation is 1. The maximum absolute atomic E-state index is 12.9. The van der Waals surface area contributed by atoms with Gasteiger partial charge in [-0.05, 0) is 30.7 Å². The molecule has 0 bridgehead atoms. The molecule has 1 aromatic heterocycles. The van der Waals surface area contributed by atoms with Crippen molar-refractivity contribution >= 4 is 44.3 Å². The van der Waals surface area contributed by atoms with Crippen molar-refractivity contribution in [2.75, 3.05) is 24.2 Å². The van der Waals surface area contributed by atoms with Crippen LogP contribution in [0.4, 0.5) is 5.69 Å². The molecule has 0 fully saturated rings. The van der Waals surface area contributed by atoms with Gasteiger partial charge in [-0.15, -0.1) is 0 Å². The van der Waals surface area contributed by atoms with E-state index in [1.165, 1.54) is 28.5 Å². The summed E-state index contributed by atoms with van der Waals surface area (Å²) in [6, 6.07) is 12.5. The average Bonchev–Trinajstić information content (AvgIpc) is 2.74. The third kappa shape index (κ3) is 4.80. The van der Waals surface area contributed by atoms with Gasteiger partial charge in [-0.2, -0.15) is 4.31 Å². The number of thioether (sulfide) groups is 1. The Morgan fingerprint density at radius 2 is 1.83 bits per heavy atom. The van der Waals surface area contributed by atoms with Crippen LogP contribution < -0.4 is 5.32 Å². The fourth-order valence-corrected chi connectivity index (χ4v) is 5.58. The molecular formula is C21H24N4O3S2. The first-order valence-electron chi connectivity index (χ1n) is 9.60. The van der Waals surface area contributed by atoms with Crippen molar-refractivity contribution < 1.29 is 13.2 Å². The number of benzene rings is 2. The Labute approximate surface area is 181 Å². The zero-order valence-electron chi connectivity index (χ0n) is 17.1. The molecule has 1 N–H and O–H groups in total. The van der Waals surface area contributed by atoms with Crippen LogP contribution in [-0.4, -0.2) is 47.4 Å². The molecule has 0 aliphatic heterocycles. The van der Waals surface area contributed by atoms with Gasteiger partial charge in [-0.1, -0.05) is 49.9 Å². The number of para-hydroxylation sites is 1. The number of aromatic nitrogens is 2. The van der Waals surface area contributed by atoms with Crippen molar-refractivity contribution in [2.24, 2.45) is 0 Å². The largest absolute Gasteiger partial charge is 0.325 e. The molecule has 0 saturated carbocycles. The Kier molecular flexibility index (Phi) is 7.06. The second kappa shape index (κ2) is 9.55. The van der Waals surface area contributed by atoms with E-state index >= 15 is 0 Å². The van der Waals surface area contributed by atoms with Crippen molar-refractivity contribution in [3.05, 3.63) is 54.4 Å². The van der Waals surface area contributed by atoms with Gasteiger partial charge in [-0.25, -0.2) is 18.4 Å². The number of nitrogens with one attached hydrogen (secondary N) is 1. The predicted octanol–water partition coefficient (Wildman–Crippen LogP) is 3.70. The first-order chi connectivity index (χ1) is 14.4. The number of nitrogens with zero attached hydrogens (tertiary/aromatic N) is 3. The van der Waals surface area contributed by atoms with Crippen LogP contribution >= 0.6 is 11.8 Å². The molecule has 0 saturated heterocycles. The van der Waals surface area contributed by atoms with Crippen molar-refractivity contribution in [3.8, 4) is 0 Å². The van der Waals surface area contributed by atoms with E-state index in [4.69, 9.17) is 0 Å². The molecule has 0 atom stereocenters. The van der Waals surface area contributed by atoms with Crippen LogP contribution in [0.25, 0.3) is 10.9 Å². The van der Waals surface area contributed by atoms with Gasteiger partial charge in [0.05, 0.1) is 16.2 Å². The van der Waals surface area contributed by atoms with Gasteiger partial charge in [0.1, 0.15) is 11.4 Å². The van der Waals surface area contributed by atoms with Crippen LogP contribution in [-0.2, 0) is 14.8 Å². The minimum Gasteiger partial charge on any atom is -0.325 e. The Bertz CT molecular complexity index is 1160. The lowest BCUT2D eigenvalue weighted by Gasteiger charge is -2.20. The van der Waals surface area contributed by atoms with Crippen LogP contribution in [0.2, 0.25) is 0 Å². The van der Waals surface area contributed by atoms with Gasteiger partial charge in [-0.3, -0.25) is 4.79 Å². The molecule has 7 nitrogen and oxygen atoms in total. The van der Waals surface area contributed by atoms with E-state index in [-0.39, 0.29) is 16.6 Å². The summed E-state index contributed by atoms with van der Waals surface area (Å²) < 4.78 is 27.2. The van der Waals surface area contributed by atoms with Gasteiger partial charge in [0.15, 0.2) is 0 Å². The number of sulfonamides is 1. The van der Waals surface area contributed by atoms with Crippen LogP contribution in [0.1, 0.15) is 19.4 Å². The molecule has 0 spiro atoms. The monoisotopic (exact) mass is 444 g/mol. The number of fused-ring (bicyclic) bond motifs is 1. The molecule has 3 aromatic rings. The lowest BCUT2D eigenvalue weighted by atomic mass is 10.2. The summed E-state index contributed by atoms with van der Waals surface area (Å²) in [4.78, 5) is 21.2. The van der Waals surface area contributed by atoms with E-state index in [1.54, 1.807) is 32.9 Å². The number of rotatable bonds is 8. The molecule has 2 aromatic carbocycles. The smallest absolute Gasteiger partial charge is 0.243 e. The summed E-state index contributed by atoms with van der Waals surface area (Å²) in [6.45, 7) is 6.13. The third-order valence-electron chi connectivity index (χ3n) is 4.64. The standard InChI is InChI=1S/C21H24N4O3S2/c1-4-25(5-2)30(27,28)19-12-16(11-10-15(19)3)24-20(26)13-29-21-17-8-6-7-9-18(17)22-14-23-21/h6-12,14H,4-5,13H2,1-3H3,(H,24,26). The van der Waals surface area contributed by atoms with Crippen LogP contribution in [0.15, 0.2) is 58.7 Å². The first kappa shape index (κ1) is 22.2. The minimum absolute atomic E-state index is 0.146. The second-order valence-electron chi connectivity index (χ2n) is 6.60. The van der Waals surface area contributed by atoms with E-state index in [0.29, 0.717) is 24.3 Å². The Hall–Kier alpha value is -2.49. The quantitative estimate of drug-likeness (QED) is 0.421. The normalized spacial score (nSPS) is 11.7. The van der Waals surface area contributed by atoms with Crippen LogP contribution in [0.3, 0.4) is 0 Å². The van der Waals surface area contributed by atoms with Crippen molar-refractivity contribution in [1.29, 1.82) is 0 Å².